The van der Waals surface area contributed by atoms with Crippen molar-refractivity contribution >= 4 is 50.5 Å². The molecule has 0 radical (unpaired) electrons. The molecule has 0 saturated heterocycles. The number of halogens is 1. The normalized spacial score (nSPS) is 8.00. The Kier molecular flexibility index (Phi) is 16.1. The van der Waals surface area contributed by atoms with E-state index < -0.39 is 0 Å². The zero-order valence-corrected chi connectivity index (χ0v) is 13.8. The molecule has 0 unspecified atom stereocenters. The summed E-state index contributed by atoms with van der Waals surface area (Å²) in [6.45, 7) is 4.88. The van der Waals surface area contributed by atoms with Crippen molar-refractivity contribution in [1.82, 2.24) is 0 Å². The zero-order chi connectivity index (χ0) is 14.4. The van der Waals surface area contributed by atoms with Crippen LogP contribution in [0, 0.1) is 6.92 Å². The van der Waals surface area contributed by atoms with Gasteiger partial charge in [-0.15, -0.1) is 0 Å². The summed E-state index contributed by atoms with van der Waals surface area (Å²) >= 11 is 11.0. The van der Waals surface area contributed by atoms with Crippen molar-refractivity contribution in [1.29, 1.82) is 0 Å². The number of ketones is 1. The highest BCUT2D eigenvalue weighted by atomic mass is 79.9. The molecule has 0 heterocycles. The van der Waals surface area contributed by atoms with Crippen LogP contribution in [-0.2, 0) is 0 Å². The van der Waals surface area contributed by atoms with Gasteiger partial charge in [0.15, 0.2) is 5.78 Å². The Bertz CT molecular complexity index is 358. The van der Waals surface area contributed by atoms with Crippen LogP contribution in [0.2, 0.25) is 0 Å². The highest BCUT2D eigenvalue weighted by molar-refractivity contribution is 9.09. The number of aryl methyl sites for hydroxylation is 1. The van der Waals surface area contributed by atoms with E-state index in [0.29, 0.717) is 5.33 Å². The van der Waals surface area contributed by atoms with E-state index in [-0.39, 0.29) is 5.78 Å². The van der Waals surface area contributed by atoms with Crippen molar-refractivity contribution in [2.24, 2.45) is 5.73 Å². The predicted octanol–water partition coefficient (Wildman–Crippen LogP) is 3.95. The molecule has 1 aromatic rings. The van der Waals surface area contributed by atoms with Gasteiger partial charge in [-0.25, -0.2) is 0 Å². The molecule has 1 rings (SSSR count). The number of nitrogens with two attached hydrogens (primary N) is 1. The number of hydrogen-bond acceptors (Lipinski definition) is 4. The van der Waals surface area contributed by atoms with E-state index in [1.807, 2.05) is 35.5 Å². The first-order chi connectivity index (χ1) is 8.56. The Morgan fingerprint density at radius 2 is 1.72 bits per heavy atom. The van der Waals surface area contributed by atoms with E-state index in [0.717, 1.165) is 18.5 Å². The van der Waals surface area contributed by atoms with E-state index in [2.05, 4.69) is 47.3 Å². The molecule has 0 saturated carbocycles. The van der Waals surface area contributed by atoms with Crippen molar-refractivity contribution in [2.75, 3.05) is 11.9 Å². The number of Topliss-reactive ketones (excluding diaryl/α,β-unsaturated/α-hetero) is 1. The SMILES string of the molecule is CCCN.Cc1ccc(C(=O)CBr)cc1.S=C=S. The fourth-order valence-electron chi connectivity index (χ4n) is 0.817. The minimum Gasteiger partial charge on any atom is -0.330 e. The lowest BCUT2D eigenvalue weighted by atomic mass is 10.1. The largest absolute Gasteiger partial charge is 0.330 e. The quantitative estimate of drug-likeness (QED) is 0.510. The Labute approximate surface area is 128 Å². The fourth-order valence-corrected chi connectivity index (χ4v) is 1.14. The summed E-state index contributed by atoms with van der Waals surface area (Å²) in [5.74, 6) is 0.130. The van der Waals surface area contributed by atoms with Gasteiger partial charge in [-0.1, -0.05) is 52.7 Å². The van der Waals surface area contributed by atoms with Crippen LogP contribution in [0.4, 0.5) is 0 Å². The van der Waals surface area contributed by atoms with E-state index in [1.165, 1.54) is 5.56 Å². The molecule has 0 fully saturated rings. The molecule has 1 aromatic carbocycles. The highest BCUT2D eigenvalue weighted by Crippen LogP contribution is 2.04. The molecule has 0 aliphatic carbocycles. The molecule has 2 N–H and O–H groups in total. The molecular formula is C13H18BrNOS2. The van der Waals surface area contributed by atoms with Crippen LogP contribution < -0.4 is 5.73 Å². The van der Waals surface area contributed by atoms with Crippen molar-refractivity contribution in [2.45, 2.75) is 20.3 Å². The minimum absolute atomic E-state index is 0.130. The van der Waals surface area contributed by atoms with Gasteiger partial charge in [0.05, 0.1) is 5.33 Å². The first-order valence-electron chi connectivity index (χ1n) is 5.42. The first kappa shape index (κ1) is 19.9. The van der Waals surface area contributed by atoms with Crippen LogP contribution in [0.25, 0.3) is 0 Å². The molecule has 2 nitrogen and oxygen atoms in total. The molecule has 100 valence electrons. The third kappa shape index (κ3) is 12.0. The lowest BCUT2D eigenvalue weighted by Crippen LogP contribution is -1.98. The second-order valence-corrected chi connectivity index (χ2v) is 4.52. The molecule has 18 heavy (non-hydrogen) atoms. The monoisotopic (exact) mass is 347 g/mol. The van der Waals surface area contributed by atoms with Gasteiger partial charge in [-0.3, -0.25) is 4.79 Å². The van der Waals surface area contributed by atoms with Crippen molar-refractivity contribution in [3.63, 3.8) is 0 Å². The van der Waals surface area contributed by atoms with Crippen LogP contribution >= 0.6 is 40.4 Å². The van der Waals surface area contributed by atoms with Gasteiger partial charge < -0.3 is 5.73 Å². The second-order valence-electron chi connectivity index (χ2n) is 3.29. The number of hydrogen-bond donors (Lipinski definition) is 1. The molecule has 0 atom stereocenters. The second kappa shape index (κ2) is 14.6. The maximum atomic E-state index is 11.1. The van der Waals surface area contributed by atoms with E-state index in [4.69, 9.17) is 5.73 Å². The lowest BCUT2D eigenvalue weighted by Gasteiger charge is -1.96. The summed E-state index contributed by atoms with van der Waals surface area (Å²) in [6, 6.07) is 7.57. The third-order valence-corrected chi connectivity index (χ3v) is 2.29. The van der Waals surface area contributed by atoms with E-state index >= 15 is 0 Å². The van der Waals surface area contributed by atoms with Crippen molar-refractivity contribution < 1.29 is 4.79 Å². The summed E-state index contributed by atoms with van der Waals surface area (Å²) in [5, 5.41) is 0.399. The van der Waals surface area contributed by atoms with Crippen LogP contribution in [0.3, 0.4) is 0 Å². The molecule has 0 bridgehead atoms. The smallest absolute Gasteiger partial charge is 0.173 e. The molecule has 0 amide bonds. The molecule has 0 aliphatic heterocycles. The number of benzene rings is 1. The molecule has 0 aromatic heterocycles. The van der Waals surface area contributed by atoms with E-state index in [9.17, 15) is 4.79 Å². The van der Waals surface area contributed by atoms with Gasteiger partial charge in [0.1, 0.15) is 0 Å². The van der Waals surface area contributed by atoms with Gasteiger partial charge in [0.2, 0.25) is 0 Å². The average Bonchev–Trinajstić information content (AvgIpc) is 2.40. The standard InChI is InChI=1S/C9H9BrO.C3H9N.CS2/c1-7-2-4-8(5-3-7)9(11)6-10;1-2-3-4;2-1-3/h2-5H,6H2,1H3;2-4H2,1H3;. The van der Waals surface area contributed by atoms with Gasteiger partial charge in [-0.2, -0.15) is 0 Å². The van der Waals surface area contributed by atoms with E-state index in [1.54, 1.807) is 0 Å². The van der Waals surface area contributed by atoms with Crippen molar-refractivity contribution in [3.05, 3.63) is 35.4 Å². The number of thiocarbonyl (C=S) groups is 2. The Balaban J connectivity index is 0. The number of carbonyl (C=O) groups is 1. The first-order valence-corrected chi connectivity index (χ1v) is 7.36. The maximum Gasteiger partial charge on any atom is 0.173 e. The van der Waals surface area contributed by atoms with Gasteiger partial charge in [-0.05, 0) is 44.3 Å². The number of rotatable bonds is 3. The average molecular weight is 348 g/mol. The zero-order valence-electron chi connectivity index (χ0n) is 10.6. The predicted molar refractivity (Wildman–Crippen MR) is 88.8 cm³/mol. The summed E-state index contributed by atoms with van der Waals surface area (Å²) < 4.78 is 1.92. The number of alkyl halides is 1. The molecule has 5 heteroatoms. The lowest BCUT2D eigenvalue weighted by molar-refractivity contribution is 0.102. The Morgan fingerprint density at radius 3 is 2.00 bits per heavy atom. The van der Waals surface area contributed by atoms with Crippen molar-refractivity contribution in [3.8, 4) is 0 Å². The fraction of sp³-hybridized carbons (Fsp3) is 0.385. The van der Waals surface area contributed by atoms with Gasteiger partial charge in [0, 0.05) is 9.88 Å². The van der Waals surface area contributed by atoms with Crippen LogP contribution in [0.15, 0.2) is 24.3 Å². The topological polar surface area (TPSA) is 43.1 Å². The van der Waals surface area contributed by atoms with Crippen LogP contribution in [-0.4, -0.2) is 22.0 Å². The maximum absolute atomic E-state index is 11.1. The Hall–Kier alpha value is -0.450. The van der Waals surface area contributed by atoms with Gasteiger partial charge in [0.25, 0.3) is 0 Å². The minimum atomic E-state index is 0.130. The summed E-state index contributed by atoms with van der Waals surface area (Å²) in [7, 11) is 0. The Morgan fingerprint density at radius 1 is 1.33 bits per heavy atom. The summed E-state index contributed by atoms with van der Waals surface area (Å²) in [6.07, 6.45) is 1.10. The third-order valence-electron chi connectivity index (χ3n) is 1.78. The summed E-state index contributed by atoms with van der Waals surface area (Å²) in [5.41, 5.74) is 6.98. The van der Waals surface area contributed by atoms with Crippen LogP contribution in [0.1, 0.15) is 29.3 Å². The van der Waals surface area contributed by atoms with Crippen LogP contribution in [0.5, 0.6) is 0 Å². The van der Waals surface area contributed by atoms with Gasteiger partial charge >= 0.3 is 0 Å². The highest BCUT2D eigenvalue weighted by Gasteiger charge is 2.00. The summed E-state index contributed by atoms with van der Waals surface area (Å²) in [4.78, 5) is 11.1. The molecule has 0 aliphatic rings. The molecule has 0 spiro atoms. The number of carbonyl (C=O) groups excluding carboxylic acids is 1. The molecular weight excluding hydrogens is 330 g/mol.